The highest BCUT2D eigenvalue weighted by Gasteiger charge is 2.21. The molecule has 0 bridgehead atoms. The third-order valence-corrected chi connectivity index (χ3v) is 3.29. The van der Waals surface area contributed by atoms with Crippen LogP contribution in [0.25, 0.3) is 0 Å². The number of nitrogens with zero attached hydrogens (tertiary/aromatic N) is 1. The maximum absolute atomic E-state index is 12.0. The van der Waals surface area contributed by atoms with Gasteiger partial charge in [-0.15, -0.1) is 0 Å². The zero-order valence-electron chi connectivity index (χ0n) is 12.6. The summed E-state index contributed by atoms with van der Waals surface area (Å²) in [5.41, 5.74) is 0. The van der Waals surface area contributed by atoms with E-state index in [9.17, 15) is 4.79 Å². The van der Waals surface area contributed by atoms with Gasteiger partial charge in [-0.25, -0.2) is 0 Å². The largest absolute Gasteiger partial charge is 0.381 e. The summed E-state index contributed by atoms with van der Waals surface area (Å²) in [4.78, 5) is 14.2. The first-order chi connectivity index (χ1) is 9.11. The van der Waals surface area contributed by atoms with E-state index in [1.165, 1.54) is 0 Å². The van der Waals surface area contributed by atoms with E-state index in [1.807, 2.05) is 6.92 Å². The Labute approximate surface area is 117 Å². The number of carbonyl (C=O) groups is 1. The molecule has 0 aromatic carbocycles. The van der Waals surface area contributed by atoms with Crippen molar-refractivity contribution in [1.29, 1.82) is 0 Å². The minimum absolute atomic E-state index is 0.0290. The maximum Gasteiger partial charge on any atom is 0.237 e. The van der Waals surface area contributed by atoms with E-state index in [0.717, 1.165) is 45.8 Å². The molecular formula is C14H29N3O2. The van der Waals surface area contributed by atoms with Crippen LogP contribution in [0.1, 0.15) is 27.2 Å². The molecule has 5 nitrogen and oxygen atoms in total. The molecule has 0 aromatic rings. The number of carbonyl (C=O) groups excluding carboxylic acids is 1. The number of hydrogen-bond acceptors (Lipinski definition) is 4. The molecule has 0 spiro atoms. The van der Waals surface area contributed by atoms with Gasteiger partial charge in [-0.2, -0.15) is 0 Å². The van der Waals surface area contributed by atoms with Crippen LogP contribution in [0.4, 0.5) is 0 Å². The first-order valence-corrected chi connectivity index (χ1v) is 7.41. The van der Waals surface area contributed by atoms with Crippen LogP contribution < -0.4 is 10.6 Å². The molecule has 1 atom stereocenters. The van der Waals surface area contributed by atoms with Crippen molar-refractivity contribution in [2.24, 2.45) is 5.92 Å². The van der Waals surface area contributed by atoms with Crippen LogP contribution in [0.15, 0.2) is 0 Å². The smallest absolute Gasteiger partial charge is 0.237 e. The van der Waals surface area contributed by atoms with Crippen molar-refractivity contribution in [3.8, 4) is 0 Å². The lowest BCUT2D eigenvalue weighted by atomic mass is 10.2. The van der Waals surface area contributed by atoms with Gasteiger partial charge in [0.1, 0.15) is 0 Å². The molecule has 112 valence electrons. The standard InChI is InChI=1S/C14H29N3O2/c1-12(2)11-19-10-4-5-16-14(18)13(3)17-8-6-15-7-9-17/h12-13,15H,4-11H2,1-3H3,(H,16,18). The normalized spacial score (nSPS) is 18.5. The summed E-state index contributed by atoms with van der Waals surface area (Å²) in [5.74, 6) is 0.702. The van der Waals surface area contributed by atoms with E-state index in [1.54, 1.807) is 0 Å². The average molecular weight is 271 g/mol. The molecule has 2 N–H and O–H groups in total. The van der Waals surface area contributed by atoms with Gasteiger partial charge in [0.15, 0.2) is 0 Å². The van der Waals surface area contributed by atoms with Crippen molar-refractivity contribution in [2.45, 2.75) is 33.2 Å². The summed E-state index contributed by atoms with van der Waals surface area (Å²) in [7, 11) is 0. The van der Waals surface area contributed by atoms with Gasteiger partial charge >= 0.3 is 0 Å². The van der Waals surface area contributed by atoms with E-state index >= 15 is 0 Å². The third-order valence-electron chi connectivity index (χ3n) is 3.29. The van der Waals surface area contributed by atoms with Gasteiger partial charge in [0, 0.05) is 45.9 Å². The maximum atomic E-state index is 12.0. The second-order valence-electron chi connectivity index (χ2n) is 5.58. The molecule has 0 aliphatic carbocycles. The van der Waals surface area contributed by atoms with Crippen molar-refractivity contribution in [2.75, 3.05) is 45.9 Å². The van der Waals surface area contributed by atoms with Crippen molar-refractivity contribution < 1.29 is 9.53 Å². The fourth-order valence-corrected chi connectivity index (χ4v) is 2.09. The third kappa shape index (κ3) is 6.89. The van der Waals surface area contributed by atoms with E-state index in [-0.39, 0.29) is 11.9 Å². The molecule has 1 unspecified atom stereocenters. The predicted octanol–water partition coefficient (Wildman–Crippen LogP) is 0.459. The Morgan fingerprint density at radius 3 is 2.63 bits per heavy atom. The number of ether oxygens (including phenoxy) is 1. The van der Waals surface area contributed by atoms with Gasteiger partial charge in [-0.05, 0) is 19.3 Å². The van der Waals surface area contributed by atoms with Crippen LogP contribution in [0.2, 0.25) is 0 Å². The van der Waals surface area contributed by atoms with Gasteiger partial charge in [-0.3, -0.25) is 9.69 Å². The second kappa shape index (κ2) is 9.28. The Bertz CT molecular complexity index is 253. The Balaban J connectivity index is 2.06. The molecule has 0 radical (unpaired) electrons. The van der Waals surface area contributed by atoms with Gasteiger partial charge in [0.05, 0.1) is 6.04 Å². The second-order valence-corrected chi connectivity index (χ2v) is 5.58. The first kappa shape index (κ1) is 16.4. The van der Waals surface area contributed by atoms with Gasteiger partial charge in [0.2, 0.25) is 5.91 Å². The van der Waals surface area contributed by atoms with Gasteiger partial charge in [0.25, 0.3) is 0 Å². The fraction of sp³-hybridized carbons (Fsp3) is 0.929. The molecule has 1 aliphatic heterocycles. The van der Waals surface area contributed by atoms with Gasteiger partial charge in [-0.1, -0.05) is 13.8 Å². The summed E-state index contributed by atoms with van der Waals surface area (Å²) in [6.45, 7) is 12.3. The zero-order chi connectivity index (χ0) is 14.1. The molecule has 19 heavy (non-hydrogen) atoms. The number of hydrogen-bond donors (Lipinski definition) is 2. The molecule has 5 heteroatoms. The lowest BCUT2D eigenvalue weighted by Crippen LogP contribution is -2.52. The number of nitrogens with one attached hydrogen (secondary N) is 2. The van der Waals surface area contributed by atoms with E-state index in [4.69, 9.17) is 4.74 Å². The summed E-state index contributed by atoms with van der Waals surface area (Å²) in [6, 6.07) is -0.0290. The highest BCUT2D eigenvalue weighted by molar-refractivity contribution is 5.81. The summed E-state index contributed by atoms with van der Waals surface area (Å²) < 4.78 is 5.48. The molecule has 1 aliphatic rings. The predicted molar refractivity (Wildman–Crippen MR) is 77.2 cm³/mol. The molecular weight excluding hydrogens is 242 g/mol. The molecule has 0 aromatic heterocycles. The molecule has 1 rings (SSSR count). The molecule has 0 saturated carbocycles. The molecule has 1 saturated heterocycles. The Hall–Kier alpha value is -0.650. The van der Waals surface area contributed by atoms with E-state index in [0.29, 0.717) is 12.5 Å². The van der Waals surface area contributed by atoms with Crippen molar-refractivity contribution in [1.82, 2.24) is 15.5 Å². The Morgan fingerprint density at radius 1 is 1.32 bits per heavy atom. The lowest BCUT2D eigenvalue weighted by molar-refractivity contribution is -0.126. The van der Waals surface area contributed by atoms with Crippen molar-refractivity contribution in [3.05, 3.63) is 0 Å². The monoisotopic (exact) mass is 271 g/mol. The van der Waals surface area contributed by atoms with Gasteiger partial charge < -0.3 is 15.4 Å². The SMILES string of the molecule is CC(C)COCCCNC(=O)C(C)N1CCNCC1. The zero-order valence-corrected chi connectivity index (χ0v) is 12.6. The minimum Gasteiger partial charge on any atom is -0.381 e. The average Bonchev–Trinajstić information content (AvgIpc) is 2.42. The van der Waals surface area contributed by atoms with Crippen LogP contribution in [-0.2, 0) is 9.53 Å². The number of piperazine rings is 1. The quantitative estimate of drug-likeness (QED) is 0.630. The number of rotatable bonds is 8. The van der Waals surface area contributed by atoms with Crippen LogP contribution >= 0.6 is 0 Å². The summed E-state index contributed by atoms with van der Waals surface area (Å²) in [5, 5.41) is 6.28. The Morgan fingerprint density at radius 2 is 2.00 bits per heavy atom. The number of amides is 1. The highest BCUT2D eigenvalue weighted by atomic mass is 16.5. The fourth-order valence-electron chi connectivity index (χ4n) is 2.09. The summed E-state index contributed by atoms with van der Waals surface area (Å²) >= 11 is 0. The minimum atomic E-state index is -0.0290. The Kier molecular flexibility index (Phi) is 8.02. The van der Waals surface area contributed by atoms with Crippen LogP contribution in [-0.4, -0.2) is 62.8 Å². The van der Waals surface area contributed by atoms with Crippen LogP contribution in [0.3, 0.4) is 0 Å². The summed E-state index contributed by atoms with van der Waals surface area (Å²) in [6.07, 6.45) is 0.882. The molecule has 1 amide bonds. The lowest BCUT2D eigenvalue weighted by Gasteiger charge is -2.31. The van der Waals surface area contributed by atoms with Crippen molar-refractivity contribution >= 4 is 5.91 Å². The molecule has 1 heterocycles. The van der Waals surface area contributed by atoms with Crippen molar-refractivity contribution in [3.63, 3.8) is 0 Å². The first-order valence-electron chi connectivity index (χ1n) is 7.41. The van der Waals surface area contributed by atoms with E-state index in [2.05, 4.69) is 29.4 Å². The molecule has 1 fully saturated rings. The topological polar surface area (TPSA) is 53.6 Å². The van der Waals surface area contributed by atoms with Crippen LogP contribution in [0, 0.1) is 5.92 Å². The van der Waals surface area contributed by atoms with E-state index < -0.39 is 0 Å². The highest BCUT2D eigenvalue weighted by Crippen LogP contribution is 2.01. The van der Waals surface area contributed by atoms with Crippen LogP contribution in [0.5, 0.6) is 0 Å².